The van der Waals surface area contributed by atoms with Crippen molar-refractivity contribution in [1.82, 2.24) is 9.97 Å². The van der Waals surface area contributed by atoms with Gasteiger partial charge in [-0.1, -0.05) is 17.7 Å². The van der Waals surface area contributed by atoms with Crippen LogP contribution in [0.15, 0.2) is 72.8 Å². The number of methoxy groups -OCH3 is 1. The monoisotopic (exact) mass is 468 g/mol. The van der Waals surface area contributed by atoms with Crippen LogP contribution in [0, 0.1) is 20.8 Å². The van der Waals surface area contributed by atoms with Gasteiger partial charge >= 0.3 is 6.03 Å². The first kappa shape index (κ1) is 23.6. The van der Waals surface area contributed by atoms with Crippen LogP contribution in [0.5, 0.6) is 5.75 Å². The minimum absolute atomic E-state index is 0.326. The minimum Gasteiger partial charge on any atom is -0.497 e. The van der Waals surface area contributed by atoms with Crippen molar-refractivity contribution in [2.24, 2.45) is 0 Å². The second-order valence-electron chi connectivity index (χ2n) is 8.17. The normalized spacial score (nSPS) is 10.4. The van der Waals surface area contributed by atoms with Gasteiger partial charge < -0.3 is 26.0 Å². The van der Waals surface area contributed by atoms with Crippen LogP contribution in [-0.2, 0) is 0 Å². The highest BCUT2D eigenvalue weighted by Gasteiger charge is 2.07. The Balaban J connectivity index is 1.38. The Morgan fingerprint density at radius 1 is 0.743 bits per heavy atom. The Kier molecular flexibility index (Phi) is 7.11. The summed E-state index contributed by atoms with van der Waals surface area (Å²) in [6, 6.07) is 22.5. The quantitative estimate of drug-likeness (QED) is 0.246. The molecule has 4 aromatic rings. The molecule has 0 atom stereocenters. The summed E-state index contributed by atoms with van der Waals surface area (Å²) >= 11 is 0. The average molecular weight is 469 g/mol. The van der Waals surface area contributed by atoms with Crippen molar-refractivity contribution in [3.8, 4) is 5.75 Å². The highest BCUT2D eigenvalue weighted by molar-refractivity contribution is 6.00. The summed E-state index contributed by atoms with van der Waals surface area (Å²) in [5, 5.41) is 12.2. The van der Waals surface area contributed by atoms with Crippen molar-refractivity contribution in [2.45, 2.75) is 20.8 Å². The number of carbonyl (C=O) groups is 1. The topological polar surface area (TPSA) is 100 Å². The molecule has 4 rings (SSSR count). The maximum atomic E-state index is 12.4. The van der Waals surface area contributed by atoms with E-state index < -0.39 is 0 Å². The average Bonchev–Trinajstić information content (AvgIpc) is 2.83. The summed E-state index contributed by atoms with van der Waals surface area (Å²) in [4.78, 5) is 21.4. The standard InChI is InChI=1S/C27H28N6O2/c1-17-5-7-20(8-6-17)29-25-16-19(3)28-26(33-25)30-21-9-11-22(12-10-21)31-27(34)32-24-14-13-23(35-4)15-18(24)2/h5-16H,1-4H3,(H2,31,32,34)(H2,28,29,30,33). The van der Waals surface area contributed by atoms with Gasteiger partial charge in [0.1, 0.15) is 11.6 Å². The Morgan fingerprint density at radius 3 is 2.09 bits per heavy atom. The Hall–Kier alpha value is -4.59. The van der Waals surface area contributed by atoms with Crippen LogP contribution in [0.1, 0.15) is 16.8 Å². The molecule has 0 saturated carbocycles. The number of aryl methyl sites for hydroxylation is 3. The lowest BCUT2D eigenvalue weighted by Gasteiger charge is -2.12. The first-order valence-electron chi connectivity index (χ1n) is 11.2. The van der Waals surface area contributed by atoms with E-state index in [0.29, 0.717) is 23.1 Å². The molecule has 178 valence electrons. The molecule has 0 unspecified atom stereocenters. The molecule has 0 aliphatic carbocycles. The zero-order chi connectivity index (χ0) is 24.8. The predicted molar refractivity (Wildman–Crippen MR) is 141 cm³/mol. The van der Waals surface area contributed by atoms with Crippen LogP contribution in [0.3, 0.4) is 0 Å². The second kappa shape index (κ2) is 10.6. The van der Waals surface area contributed by atoms with E-state index in [1.807, 2.05) is 80.6 Å². The number of amides is 2. The van der Waals surface area contributed by atoms with Gasteiger partial charge in [-0.3, -0.25) is 0 Å². The van der Waals surface area contributed by atoms with E-state index in [1.54, 1.807) is 13.2 Å². The molecule has 8 heteroatoms. The molecule has 8 nitrogen and oxygen atoms in total. The lowest BCUT2D eigenvalue weighted by molar-refractivity contribution is 0.262. The SMILES string of the molecule is COc1ccc(NC(=O)Nc2ccc(Nc3nc(C)cc(Nc4ccc(C)cc4)n3)cc2)c(C)c1. The molecule has 0 fully saturated rings. The van der Waals surface area contributed by atoms with Gasteiger partial charge in [-0.25, -0.2) is 9.78 Å². The van der Waals surface area contributed by atoms with Crippen molar-refractivity contribution in [2.75, 3.05) is 28.4 Å². The van der Waals surface area contributed by atoms with E-state index >= 15 is 0 Å². The van der Waals surface area contributed by atoms with Crippen LogP contribution in [0.25, 0.3) is 0 Å². The third-order valence-corrected chi connectivity index (χ3v) is 5.26. The maximum absolute atomic E-state index is 12.4. The molecule has 0 aliphatic heterocycles. The van der Waals surface area contributed by atoms with Gasteiger partial charge in [-0.15, -0.1) is 0 Å². The molecule has 0 spiro atoms. The van der Waals surface area contributed by atoms with Gasteiger partial charge in [-0.05, 0) is 80.9 Å². The first-order valence-corrected chi connectivity index (χ1v) is 11.2. The van der Waals surface area contributed by atoms with Crippen molar-refractivity contribution in [3.63, 3.8) is 0 Å². The number of nitrogens with one attached hydrogen (secondary N) is 4. The van der Waals surface area contributed by atoms with Crippen LogP contribution >= 0.6 is 0 Å². The second-order valence-corrected chi connectivity index (χ2v) is 8.17. The molecule has 0 radical (unpaired) electrons. The summed E-state index contributed by atoms with van der Waals surface area (Å²) in [7, 11) is 1.61. The molecule has 4 N–H and O–H groups in total. The van der Waals surface area contributed by atoms with Crippen molar-refractivity contribution < 1.29 is 9.53 Å². The zero-order valence-corrected chi connectivity index (χ0v) is 20.1. The minimum atomic E-state index is -0.326. The van der Waals surface area contributed by atoms with Gasteiger partial charge in [-0.2, -0.15) is 4.98 Å². The number of benzene rings is 3. The summed E-state index contributed by atoms with van der Waals surface area (Å²) < 4.78 is 5.20. The molecule has 35 heavy (non-hydrogen) atoms. The Bertz CT molecular complexity index is 1320. The van der Waals surface area contributed by atoms with Gasteiger partial charge in [0.25, 0.3) is 0 Å². The number of ether oxygens (including phenoxy) is 1. The molecular formula is C27H28N6O2. The highest BCUT2D eigenvalue weighted by atomic mass is 16.5. The third kappa shape index (κ3) is 6.48. The van der Waals surface area contributed by atoms with Gasteiger partial charge in [0, 0.05) is 34.5 Å². The molecule has 0 bridgehead atoms. The van der Waals surface area contributed by atoms with Gasteiger partial charge in [0.15, 0.2) is 0 Å². The van der Waals surface area contributed by atoms with E-state index in [-0.39, 0.29) is 6.03 Å². The molecule has 1 aromatic heterocycles. The summed E-state index contributed by atoms with van der Waals surface area (Å²) in [5.41, 5.74) is 6.07. The number of hydrogen-bond donors (Lipinski definition) is 4. The van der Waals surface area contributed by atoms with E-state index in [1.165, 1.54) is 5.56 Å². The zero-order valence-electron chi connectivity index (χ0n) is 20.1. The van der Waals surface area contributed by atoms with E-state index in [0.717, 1.165) is 28.4 Å². The highest BCUT2D eigenvalue weighted by Crippen LogP contribution is 2.23. The summed E-state index contributed by atoms with van der Waals surface area (Å²) in [6.45, 7) is 5.88. The smallest absolute Gasteiger partial charge is 0.323 e. The number of nitrogens with zero attached hydrogens (tertiary/aromatic N) is 2. The third-order valence-electron chi connectivity index (χ3n) is 5.26. The van der Waals surface area contributed by atoms with E-state index in [2.05, 4.69) is 38.2 Å². The van der Waals surface area contributed by atoms with E-state index in [9.17, 15) is 4.79 Å². The van der Waals surface area contributed by atoms with Crippen LogP contribution in [0.4, 0.5) is 39.3 Å². The van der Waals surface area contributed by atoms with Crippen molar-refractivity contribution in [1.29, 1.82) is 0 Å². The van der Waals surface area contributed by atoms with Crippen LogP contribution in [0.2, 0.25) is 0 Å². The molecule has 1 heterocycles. The number of carbonyl (C=O) groups excluding carboxylic acids is 1. The Morgan fingerprint density at radius 2 is 1.40 bits per heavy atom. The van der Waals surface area contributed by atoms with Crippen molar-refractivity contribution >= 4 is 40.5 Å². The number of anilines is 6. The van der Waals surface area contributed by atoms with Gasteiger partial charge in [0.05, 0.1) is 7.11 Å². The van der Waals surface area contributed by atoms with Crippen molar-refractivity contribution in [3.05, 3.63) is 89.6 Å². The molecular weight excluding hydrogens is 440 g/mol. The Labute approximate surface area is 204 Å². The molecule has 2 amide bonds. The molecule has 0 aliphatic rings. The summed E-state index contributed by atoms with van der Waals surface area (Å²) in [5.74, 6) is 1.92. The number of hydrogen-bond acceptors (Lipinski definition) is 6. The van der Waals surface area contributed by atoms with Crippen LogP contribution < -0.4 is 26.0 Å². The number of urea groups is 1. The molecule has 3 aromatic carbocycles. The van der Waals surface area contributed by atoms with Gasteiger partial charge in [0.2, 0.25) is 5.95 Å². The fraction of sp³-hybridized carbons (Fsp3) is 0.148. The largest absolute Gasteiger partial charge is 0.497 e. The molecule has 0 saturated heterocycles. The lowest BCUT2D eigenvalue weighted by Crippen LogP contribution is -2.19. The number of rotatable bonds is 7. The van der Waals surface area contributed by atoms with Crippen LogP contribution in [-0.4, -0.2) is 23.1 Å². The number of aromatic nitrogens is 2. The fourth-order valence-corrected chi connectivity index (χ4v) is 3.43. The predicted octanol–water partition coefficient (Wildman–Crippen LogP) is 6.54. The maximum Gasteiger partial charge on any atom is 0.323 e. The summed E-state index contributed by atoms with van der Waals surface area (Å²) in [6.07, 6.45) is 0. The van der Waals surface area contributed by atoms with E-state index in [4.69, 9.17) is 4.74 Å². The lowest BCUT2D eigenvalue weighted by atomic mass is 10.2. The fourth-order valence-electron chi connectivity index (χ4n) is 3.43. The first-order chi connectivity index (χ1) is 16.9.